The highest BCUT2D eigenvalue weighted by atomic mass is 35.5. The summed E-state index contributed by atoms with van der Waals surface area (Å²) in [6.45, 7) is 2.43. The van der Waals surface area contributed by atoms with E-state index in [0.29, 0.717) is 6.10 Å². The van der Waals surface area contributed by atoms with Crippen LogP contribution in [0.4, 0.5) is 5.69 Å². The van der Waals surface area contributed by atoms with Gasteiger partial charge >= 0.3 is 0 Å². The quantitative estimate of drug-likeness (QED) is 0.660. The number of halogens is 1. The van der Waals surface area contributed by atoms with E-state index in [1.807, 2.05) is 0 Å². The predicted molar refractivity (Wildman–Crippen MR) is 71.0 cm³/mol. The number of nitrogens with one attached hydrogen (secondary N) is 1. The summed E-state index contributed by atoms with van der Waals surface area (Å²) in [7, 11) is 0. The van der Waals surface area contributed by atoms with Crippen LogP contribution in [0.2, 0.25) is 0 Å². The Morgan fingerprint density at radius 1 is 1.39 bits per heavy atom. The Bertz CT molecular complexity index is 377. The van der Waals surface area contributed by atoms with Gasteiger partial charge in [-0.2, -0.15) is 0 Å². The summed E-state index contributed by atoms with van der Waals surface area (Å²) < 4.78 is 5.49. The first-order valence-corrected chi connectivity index (χ1v) is 5.81. The van der Waals surface area contributed by atoms with Crippen LogP contribution in [-0.4, -0.2) is 24.2 Å². The second-order valence-electron chi connectivity index (χ2n) is 4.19. The standard InChI is InChI=1S/C12H16N2O3.ClH/c15-14(16)11-5-3-10(4-6-11)8-13-9-12-2-1-7-17-12;/h3-6,12-13H,1-2,7-9H2;1H. The van der Waals surface area contributed by atoms with Gasteiger partial charge in [-0.1, -0.05) is 12.1 Å². The molecule has 1 heterocycles. The number of rotatable bonds is 5. The lowest BCUT2D eigenvalue weighted by atomic mass is 10.2. The van der Waals surface area contributed by atoms with E-state index in [1.165, 1.54) is 12.1 Å². The number of ether oxygens (including phenoxy) is 1. The van der Waals surface area contributed by atoms with Gasteiger partial charge in [0.25, 0.3) is 5.69 Å². The van der Waals surface area contributed by atoms with Crippen molar-refractivity contribution in [1.82, 2.24) is 5.32 Å². The summed E-state index contributed by atoms with van der Waals surface area (Å²) in [5.41, 5.74) is 1.18. The number of nitro groups is 1. The first kappa shape index (κ1) is 14.9. The summed E-state index contributed by atoms with van der Waals surface area (Å²) in [4.78, 5) is 10.1. The van der Waals surface area contributed by atoms with E-state index >= 15 is 0 Å². The molecule has 0 bridgehead atoms. The predicted octanol–water partition coefficient (Wildman–Crippen LogP) is 2.29. The molecule has 0 saturated carbocycles. The molecule has 1 fully saturated rings. The van der Waals surface area contributed by atoms with Crippen LogP contribution in [0.15, 0.2) is 24.3 Å². The van der Waals surface area contributed by atoms with Crippen molar-refractivity contribution >= 4 is 18.1 Å². The Hall–Kier alpha value is -1.17. The van der Waals surface area contributed by atoms with Crippen molar-refractivity contribution in [2.24, 2.45) is 0 Å². The molecular weight excluding hydrogens is 256 g/mol. The summed E-state index contributed by atoms with van der Waals surface area (Å²) in [5.74, 6) is 0. The van der Waals surface area contributed by atoms with E-state index in [-0.39, 0.29) is 23.0 Å². The maximum absolute atomic E-state index is 10.5. The molecule has 0 amide bonds. The smallest absolute Gasteiger partial charge is 0.269 e. The van der Waals surface area contributed by atoms with Crippen molar-refractivity contribution in [1.29, 1.82) is 0 Å². The fraction of sp³-hybridized carbons (Fsp3) is 0.500. The van der Waals surface area contributed by atoms with Crippen LogP contribution in [0.25, 0.3) is 0 Å². The molecule has 18 heavy (non-hydrogen) atoms. The normalized spacial score (nSPS) is 18.3. The first-order chi connectivity index (χ1) is 8.25. The van der Waals surface area contributed by atoms with E-state index in [1.54, 1.807) is 12.1 Å². The van der Waals surface area contributed by atoms with Crippen LogP contribution >= 0.6 is 12.4 Å². The maximum Gasteiger partial charge on any atom is 0.269 e. The van der Waals surface area contributed by atoms with Crippen molar-refractivity contribution < 1.29 is 9.66 Å². The van der Waals surface area contributed by atoms with Gasteiger partial charge in [0.05, 0.1) is 11.0 Å². The lowest BCUT2D eigenvalue weighted by Gasteiger charge is -2.10. The van der Waals surface area contributed by atoms with E-state index in [2.05, 4.69) is 5.32 Å². The van der Waals surface area contributed by atoms with E-state index in [4.69, 9.17) is 4.74 Å². The zero-order valence-corrected chi connectivity index (χ0v) is 10.8. The van der Waals surface area contributed by atoms with Gasteiger partial charge in [-0.3, -0.25) is 10.1 Å². The van der Waals surface area contributed by atoms with Crippen LogP contribution in [0, 0.1) is 10.1 Å². The Morgan fingerprint density at radius 2 is 2.11 bits per heavy atom. The van der Waals surface area contributed by atoms with Crippen molar-refractivity contribution in [2.75, 3.05) is 13.2 Å². The second kappa shape index (κ2) is 7.31. The SMILES string of the molecule is Cl.O=[N+]([O-])c1ccc(CNCC2CCCO2)cc1. The van der Waals surface area contributed by atoms with Gasteiger partial charge < -0.3 is 10.1 Å². The minimum absolute atomic E-state index is 0. The Morgan fingerprint density at radius 3 is 2.67 bits per heavy atom. The molecule has 100 valence electrons. The van der Waals surface area contributed by atoms with Gasteiger partial charge in [0.15, 0.2) is 0 Å². The highest BCUT2D eigenvalue weighted by Gasteiger charge is 2.14. The molecule has 0 aliphatic carbocycles. The third kappa shape index (κ3) is 4.25. The molecule has 1 unspecified atom stereocenters. The van der Waals surface area contributed by atoms with Gasteiger partial charge in [0, 0.05) is 31.8 Å². The largest absolute Gasteiger partial charge is 0.377 e. The molecule has 1 aromatic rings. The fourth-order valence-corrected chi connectivity index (χ4v) is 1.92. The third-order valence-corrected chi connectivity index (χ3v) is 2.87. The van der Waals surface area contributed by atoms with Crippen molar-refractivity contribution in [3.05, 3.63) is 39.9 Å². The Labute approximate surface area is 112 Å². The van der Waals surface area contributed by atoms with Gasteiger partial charge in [-0.05, 0) is 18.4 Å². The molecule has 5 nitrogen and oxygen atoms in total. The van der Waals surface area contributed by atoms with Gasteiger partial charge in [0.2, 0.25) is 0 Å². The fourth-order valence-electron chi connectivity index (χ4n) is 1.92. The highest BCUT2D eigenvalue weighted by Crippen LogP contribution is 2.13. The average molecular weight is 273 g/mol. The second-order valence-corrected chi connectivity index (χ2v) is 4.19. The molecule has 0 aromatic heterocycles. The molecule has 0 spiro atoms. The lowest BCUT2D eigenvalue weighted by Crippen LogP contribution is -2.25. The van der Waals surface area contributed by atoms with E-state index in [0.717, 1.165) is 38.1 Å². The number of non-ortho nitro benzene ring substituents is 1. The summed E-state index contributed by atoms with van der Waals surface area (Å²) in [5, 5.41) is 13.8. The minimum Gasteiger partial charge on any atom is -0.377 e. The molecule has 2 rings (SSSR count). The van der Waals surface area contributed by atoms with Crippen LogP contribution in [0.1, 0.15) is 18.4 Å². The molecule has 0 radical (unpaired) electrons. The molecule has 1 N–H and O–H groups in total. The summed E-state index contributed by atoms with van der Waals surface area (Å²) in [6, 6.07) is 6.62. The number of hydrogen-bond acceptors (Lipinski definition) is 4. The van der Waals surface area contributed by atoms with Gasteiger partial charge in [0.1, 0.15) is 0 Å². The first-order valence-electron chi connectivity index (χ1n) is 5.81. The zero-order valence-electron chi connectivity index (χ0n) is 10.0. The van der Waals surface area contributed by atoms with Gasteiger partial charge in [-0.25, -0.2) is 0 Å². The molecule has 1 aromatic carbocycles. The summed E-state index contributed by atoms with van der Waals surface area (Å²) >= 11 is 0. The molecule has 6 heteroatoms. The molecule has 1 atom stereocenters. The molecule has 1 aliphatic rings. The van der Waals surface area contributed by atoms with Crippen LogP contribution in [0.5, 0.6) is 0 Å². The average Bonchev–Trinajstić information content (AvgIpc) is 2.83. The van der Waals surface area contributed by atoms with Crippen molar-refractivity contribution in [3.63, 3.8) is 0 Å². The monoisotopic (exact) mass is 272 g/mol. The molecular formula is C12H17ClN2O3. The minimum atomic E-state index is -0.385. The van der Waals surface area contributed by atoms with Crippen LogP contribution < -0.4 is 5.32 Å². The number of nitrogens with zero attached hydrogens (tertiary/aromatic N) is 1. The maximum atomic E-state index is 10.5. The Balaban J connectivity index is 0.00000162. The van der Waals surface area contributed by atoms with Crippen molar-refractivity contribution in [3.8, 4) is 0 Å². The molecule has 1 saturated heterocycles. The van der Waals surface area contributed by atoms with Crippen molar-refractivity contribution in [2.45, 2.75) is 25.5 Å². The topological polar surface area (TPSA) is 64.4 Å². The Kier molecular flexibility index (Phi) is 6.04. The zero-order chi connectivity index (χ0) is 12.1. The van der Waals surface area contributed by atoms with Gasteiger partial charge in [-0.15, -0.1) is 12.4 Å². The lowest BCUT2D eigenvalue weighted by molar-refractivity contribution is -0.384. The van der Waals surface area contributed by atoms with E-state index < -0.39 is 0 Å². The third-order valence-electron chi connectivity index (χ3n) is 2.87. The summed E-state index contributed by atoms with van der Waals surface area (Å²) in [6.07, 6.45) is 2.59. The van der Waals surface area contributed by atoms with E-state index in [9.17, 15) is 10.1 Å². The molecule has 1 aliphatic heterocycles. The highest BCUT2D eigenvalue weighted by molar-refractivity contribution is 5.85. The number of hydrogen-bond donors (Lipinski definition) is 1. The number of benzene rings is 1. The van der Waals surface area contributed by atoms with Crippen LogP contribution in [-0.2, 0) is 11.3 Å². The van der Waals surface area contributed by atoms with Crippen LogP contribution in [0.3, 0.4) is 0 Å². The number of nitro benzene ring substituents is 1.